The number of aryl methyl sites for hydroxylation is 1. The van der Waals surface area contributed by atoms with Gasteiger partial charge in [0, 0.05) is 11.1 Å². The molecule has 1 aromatic heterocycles. The van der Waals surface area contributed by atoms with E-state index in [0.717, 1.165) is 16.8 Å². The molecular weight excluding hydrogens is 328 g/mol. The number of fused-ring (bicyclic) bond motifs is 1. The lowest BCUT2D eigenvalue weighted by atomic mass is 10.1. The second-order valence-corrected chi connectivity index (χ2v) is 6.10. The van der Waals surface area contributed by atoms with E-state index < -0.39 is 5.97 Å². The van der Waals surface area contributed by atoms with Crippen LogP contribution in [-0.2, 0) is 9.53 Å². The number of carbonyl (C=O) groups is 2. The lowest BCUT2D eigenvalue weighted by Crippen LogP contribution is -2.31. The van der Waals surface area contributed by atoms with Crippen LogP contribution in [0.5, 0.6) is 0 Å². The number of pyridine rings is 1. The van der Waals surface area contributed by atoms with E-state index >= 15 is 0 Å². The second-order valence-electron chi connectivity index (χ2n) is 6.10. The van der Waals surface area contributed by atoms with Gasteiger partial charge < -0.3 is 10.1 Å². The minimum Gasteiger partial charge on any atom is -0.452 e. The van der Waals surface area contributed by atoms with Crippen LogP contribution in [0.4, 0.5) is 0 Å². The van der Waals surface area contributed by atoms with Gasteiger partial charge in [-0.2, -0.15) is 0 Å². The molecule has 1 atom stereocenters. The minimum atomic E-state index is -0.533. The Kier molecular flexibility index (Phi) is 5.27. The molecule has 3 aromatic rings. The SMILES string of the molecule is Cc1cc(C(=O)OCC(=O)N[C@@H](C)c2ccccc2)c2ccccc2n1. The van der Waals surface area contributed by atoms with Crippen molar-refractivity contribution in [1.82, 2.24) is 10.3 Å². The molecule has 1 heterocycles. The maximum atomic E-state index is 12.4. The Morgan fingerprint density at radius 1 is 1.08 bits per heavy atom. The zero-order valence-electron chi connectivity index (χ0n) is 14.7. The molecule has 0 spiro atoms. The molecule has 2 aromatic carbocycles. The molecule has 0 saturated carbocycles. The van der Waals surface area contributed by atoms with Gasteiger partial charge >= 0.3 is 5.97 Å². The van der Waals surface area contributed by atoms with E-state index in [-0.39, 0.29) is 18.6 Å². The van der Waals surface area contributed by atoms with Gasteiger partial charge in [0.15, 0.2) is 6.61 Å². The Morgan fingerprint density at radius 2 is 1.77 bits per heavy atom. The minimum absolute atomic E-state index is 0.161. The van der Waals surface area contributed by atoms with Crippen LogP contribution < -0.4 is 5.32 Å². The van der Waals surface area contributed by atoms with Crippen LogP contribution in [0, 0.1) is 6.92 Å². The number of nitrogens with zero attached hydrogens (tertiary/aromatic N) is 1. The van der Waals surface area contributed by atoms with Crippen molar-refractivity contribution in [2.24, 2.45) is 0 Å². The van der Waals surface area contributed by atoms with Crippen molar-refractivity contribution in [3.05, 3.63) is 77.5 Å². The average molecular weight is 348 g/mol. The quantitative estimate of drug-likeness (QED) is 0.716. The molecule has 0 aliphatic heterocycles. The highest BCUT2D eigenvalue weighted by molar-refractivity contribution is 6.04. The molecule has 3 rings (SSSR count). The molecule has 5 nitrogen and oxygen atoms in total. The van der Waals surface area contributed by atoms with E-state index in [1.807, 2.05) is 68.4 Å². The number of para-hydroxylation sites is 1. The van der Waals surface area contributed by atoms with E-state index in [4.69, 9.17) is 4.74 Å². The Balaban J connectivity index is 1.65. The topological polar surface area (TPSA) is 68.3 Å². The zero-order valence-corrected chi connectivity index (χ0v) is 14.7. The van der Waals surface area contributed by atoms with Crippen LogP contribution >= 0.6 is 0 Å². The largest absolute Gasteiger partial charge is 0.452 e. The van der Waals surface area contributed by atoms with Gasteiger partial charge in [0.1, 0.15) is 0 Å². The number of carbonyl (C=O) groups excluding carboxylic acids is 2. The van der Waals surface area contributed by atoms with E-state index in [1.54, 1.807) is 6.07 Å². The molecule has 26 heavy (non-hydrogen) atoms. The first-order valence-electron chi connectivity index (χ1n) is 8.42. The number of aromatic nitrogens is 1. The molecular formula is C21H20N2O3. The summed E-state index contributed by atoms with van der Waals surface area (Å²) in [5.74, 6) is -0.876. The fourth-order valence-electron chi connectivity index (χ4n) is 2.79. The van der Waals surface area contributed by atoms with Crippen molar-refractivity contribution in [1.29, 1.82) is 0 Å². The Labute approximate surface area is 152 Å². The third-order valence-electron chi connectivity index (χ3n) is 4.08. The van der Waals surface area contributed by atoms with Crippen LogP contribution in [0.15, 0.2) is 60.7 Å². The molecule has 0 aliphatic carbocycles. The van der Waals surface area contributed by atoms with Gasteiger partial charge in [0.2, 0.25) is 0 Å². The number of benzene rings is 2. The maximum absolute atomic E-state index is 12.4. The summed E-state index contributed by atoms with van der Waals surface area (Å²) >= 11 is 0. The van der Waals surface area contributed by atoms with E-state index in [9.17, 15) is 9.59 Å². The molecule has 0 aliphatic rings. The molecule has 0 fully saturated rings. The van der Waals surface area contributed by atoms with Crippen molar-refractivity contribution in [2.45, 2.75) is 19.9 Å². The fourth-order valence-corrected chi connectivity index (χ4v) is 2.79. The van der Waals surface area contributed by atoms with Gasteiger partial charge in [-0.25, -0.2) is 4.79 Å². The van der Waals surface area contributed by atoms with E-state index in [0.29, 0.717) is 10.9 Å². The summed E-state index contributed by atoms with van der Waals surface area (Å²) < 4.78 is 5.21. The summed E-state index contributed by atoms with van der Waals surface area (Å²) in [6.07, 6.45) is 0. The van der Waals surface area contributed by atoms with Gasteiger partial charge in [-0.1, -0.05) is 48.5 Å². The van der Waals surface area contributed by atoms with Crippen LogP contribution in [-0.4, -0.2) is 23.5 Å². The molecule has 0 radical (unpaired) electrons. The number of nitrogens with one attached hydrogen (secondary N) is 1. The normalized spacial score (nSPS) is 11.8. The Morgan fingerprint density at radius 3 is 2.54 bits per heavy atom. The van der Waals surface area contributed by atoms with Crippen molar-refractivity contribution >= 4 is 22.8 Å². The third-order valence-corrected chi connectivity index (χ3v) is 4.08. The molecule has 1 amide bonds. The number of hydrogen-bond acceptors (Lipinski definition) is 4. The molecule has 132 valence electrons. The van der Waals surface area contributed by atoms with Gasteiger partial charge in [0.25, 0.3) is 5.91 Å². The Hall–Kier alpha value is -3.21. The number of ether oxygens (including phenoxy) is 1. The van der Waals surface area contributed by atoms with Crippen LogP contribution in [0.2, 0.25) is 0 Å². The fraction of sp³-hybridized carbons (Fsp3) is 0.190. The zero-order chi connectivity index (χ0) is 18.5. The smallest absolute Gasteiger partial charge is 0.339 e. The van der Waals surface area contributed by atoms with Crippen molar-refractivity contribution in [3.63, 3.8) is 0 Å². The predicted molar refractivity (Wildman–Crippen MR) is 99.8 cm³/mol. The molecule has 0 bridgehead atoms. The number of rotatable bonds is 5. The monoisotopic (exact) mass is 348 g/mol. The first-order chi connectivity index (χ1) is 12.5. The summed E-state index contributed by atoms with van der Waals surface area (Å²) in [7, 11) is 0. The van der Waals surface area contributed by atoms with E-state index in [2.05, 4.69) is 10.3 Å². The van der Waals surface area contributed by atoms with Gasteiger partial charge in [-0.15, -0.1) is 0 Å². The summed E-state index contributed by atoms with van der Waals surface area (Å²) in [6.45, 7) is 3.37. The standard InChI is InChI=1S/C21H20N2O3/c1-14-12-18(17-10-6-7-11-19(17)22-14)21(25)26-13-20(24)23-15(2)16-8-4-3-5-9-16/h3-12,15H,13H2,1-2H3,(H,23,24)/t15-/m0/s1. The maximum Gasteiger partial charge on any atom is 0.339 e. The molecule has 1 N–H and O–H groups in total. The first kappa shape index (κ1) is 17.6. The van der Waals surface area contributed by atoms with Crippen molar-refractivity contribution in [2.75, 3.05) is 6.61 Å². The van der Waals surface area contributed by atoms with Crippen LogP contribution in [0.3, 0.4) is 0 Å². The molecule has 0 unspecified atom stereocenters. The number of hydrogen-bond donors (Lipinski definition) is 1. The lowest BCUT2D eigenvalue weighted by molar-refractivity contribution is -0.124. The average Bonchev–Trinajstić information content (AvgIpc) is 2.66. The highest BCUT2D eigenvalue weighted by atomic mass is 16.5. The number of esters is 1. The second kappa shape index (κ2) is 7.78. The van der Waals surface area contributed by atoms with Crippen molar-refractivity contribution < 1.29 is 14.3 Å². The number of amides is 1. The van der Waals surface area contributed by atoms with E-state index in [1.165, 1.54) is 0 Å². The van der Waals surface area contributed by atoms with Crippen molar-refractivity contribution in [3.8, 4) is 0 Å². The first-order valence-corrected chi connectivity index (χ1v) is 8.42. The summed E-state index contributed by atoms with van der Waals surface area (Å²) in [5.41, 5.74) is 2.85. The highest BCUT2D eigenvalue weighted by Gasteiger charge is 2.16. The lowest BCUT2D eigenvalue weighted by Gasteiger charge is -2.14. The van der Waals surface area contributed by atoms with Gasteiger partial charge in [-0.3, -0.25) is 9.78 Å². The van der Waals surface area contributed by atoms with Gasteiger partial charge in [-0.05, 0) is 31.5 Å². The molecule has 5 heteroatoms. The summed E-state index contributed by atoms with van der Waals surface area (Å²) in [6, 6.07) is 18.5. The highest BCUT2D eigenvalue weighted by Crippen LogP contribution is 2.19. The summed E-state index contributed by atoms with van der Waals surface area (Å²) in [5, 5.41) is 3.53. The van der Waals surface area contributed by atoms with Crippen LogP contribution in [0.25, 0.3) is 10.9 Å². The van der Waals surface area contributed by atoms with Crippen LogP contribution in [0.1, 0.15) is 34.6 Å². The predicted octanol–water partition coefficient (Wildman–Crippen LogP) is 3.58. The van der Waals surface area contributed by atoms with Gasteiger partial charge in [0.05, 0.1) is 17.1 Å². The summed E-state index contributed by atoms with van der Waals surface area (Å²) in [4.78, 5) is 28.9. The third kappa shape index (κ3) is 4.06. The molecule has 0 saturated heterocycles. The Bertz CT molecular complexity index is 938.